The van der Waals surface area contributed by atoms with Crippen molar-refractivity contribution >= 4 is 5.91 Å². The van der Waals surface area contributed by atoms with Crippen molar-refractivity contribution in [3.8, 4) is 0 Å². The van der Waals surface area contributed by atoms with Crippen molar-refractivity contribution in [1.82, 2.24) is 9.80 Å². The molecular formula is C17H34N2O. The molecule has 0 atom stereocenters. The summed E-state index contributed by atoms with van der Waals surface area (Å²) in [7, 11) is 2.20. The smallest absolute Gasteiger partial charge is 0.225 e. The third kappa shape index (κ3) is 3.75. The number of amides is 1. The van der Waals surface area contributed by atoms with E-state index >= 15 is 0 Å². The van der Waals surface area contributed by atoms with Gasteiger partial charge in [0, 0.05) is 32.1 Å². The van der Waals surface area contributed by atoms with E-state index in [0.29, 0.717) is 17.2 Å². The maximum Gasteiger partial charge on any atom is 0.225 e. The van der Waals surface area contributed by atoms with Crippen molar-refractivity contribution in [3.05, 3.63) is 0 Å². The number of likely N-dealkylation sites (tertiary alicyclic amines) is 2. The molecule has 3 aliphatic rings. The maximum atomic E-state index is 12.1. The molecular weight excluding hydrogens is 248 g/mol. The third-order valence-electron chi connectivity index (χ3n) is 4.77. The van der Waals surface area contributed by atoms with Crippen LogP contribution < -0.4 is 0 Å². The number of carbonyl (C=O) groups is 1. The van der Waals surface area contributed by atoms with E-state index < -0.39 is 0 Å². The Morgan fingerprint density at radius 3 is 1.85 bits per heavy atom. The topological polar surface area (TPSA) is 23.6 Å². The van der Waals surface area contributed by atoms with Gasteiger partial charge in [-0.1, -0.05) is 27.7 Å². The highest BCUT2D eigenvalue weighted by atomic mass is 16.2. The summed E-state index contributed by atoms with van der Waals surface area (Å²) in [5.74, 6) is 0.811. The fourth-order valence-corrected chi connectivity index (χ4v) is 3.69. The predicted molar refractivity (Wildman–Crippen MR) is 85.8 cm³/mol. The molecule has 0 aromatic rings. The lowest BCUT2D eigenvalue weighted by Gasteiger charge is -2.52. The molecule has 118 valence electrons. The van der Waals surface area contributed by atoms with Crippen LogP contribution in [0.1, 0.15) is 59.8 Å². The first kappa shape index (κ1) is 17.5. The van der Waals surface area contributed by atoms with Crippen molar-refractivity contribution in [2.24, 2.45) is 11.3 Å². The Bertz CT molecular complexity index is 283. The molecule has 3 nitrogen and oxygen atoms in total. The van der Waals surface area contributed by atoms with E-state index in [1.807, 2.05) is 27.7 Å². The molecule has 1 spiro atoms. The SMILES string of the molecule is CC.CC.CN1CC2(CCC(C(=O)N3CCC3)CC2)C1. The normalized spacial score (nSPS) is 24.6. The zero-order chi connectivity index (χ0) is 15.2. The van der Waals surface area contributed by atoms with Gasteiger partial charge in [0.2, 0.25) is 5.91 Å². The number of hydrogen-bond donors (Lipinski definition) is 0. The summed E-state index contributed by atoms with van der Waals surface area (Å²) < 4.78 is 0. The number of nitrogens with zero attached hydrogens (tertiary/aromatic N) is 2. The van der Waals surface area contributed by atoms with Crippen molar-refractivity contribution < 1.29 is 4.79 Å². The molecule has 0 bridgehead atoms. The molecule has 0 aromatic heterocycles. The highest BCUT2D eigenvalue weighted by Crippen LogP contribution is 2.45. The van der Waals surface area contributed by atoms with E-state index in [2.05, 4.69) is 16.8 Å². The second kappa shape index (κ2) is 8.02. The average Bonchev–Trinajstić information content (AvgIpc) is 2.41. The van der Waals surface area contributed by atoms with Crippen LogP contribution in [0.15, 0.2) is 0 Å². The monoisotopic (exact) mass is 282 g/mol. The molecule has 0 N–H and O–H groups in total. The maximum absolute atomic E-state index is 12.1. The van der Waals surface area contributed by atoms with Crippen LogP contribution >= 0.6 is 0 Å². The first-order valence-corrected chi connectivity index (χ1v) is 8.66. The summed E-state index contributed by atoms with van der Waals surface area (Å²) in [6.07, 6.45) is 6.06. The lowest BCUT2D eigenvalue weighted by Crippen LogP contribution is -2.56. The van der Waals surface area contributed by atoms with Crippen molar-refractivity contribution in [2.45, 2.75) is 59.8 Å². The summed E-state index contributed by atoms with van der Waals surface area (Å²) in [5, 5.41) is 0. The zero-order valence-corrected chi connectivity index (χ0v) is 14.2. The average molecular weight is 282 g/mol. The van der Waals surface area contributed by atoms with E-state index in [1.54, 1.807) is 0 Å². The molecule has 0 aromatic carbocycles. The first-order valence-electron chi connectivity index (χ1n) is 8.66. The minimum absolute atomic E-state index is 0.358. The molecule has 1 aliphatic carbocycles. The highest BCUT2D eigenvalue weighted by Gasteiger charge is 2.45. The van der Waals surface area contributed by atoms with E-state index in [1.165, 1.54) is 32.4 Å². The minimum atomic E-state index is 0.358. The molecule has 1 saturated carbocycles. The first-order chi connectivity index (χ1) is 9.69. The van der Waals surface area contributed by atoms with Gasteiger partial charge in [-0.25, -0.2) is 0 Å². The van der Waals surface area contributed by atoms with Gasteiger partial charge in [0.05, 0.1) is 0 Å². The Balaban J connectivity index is 0.000000461. The van der Waals surface area contributed by atoms with Gasteiger partial charge in [-0.05, 0) is 44.6 Å². The molecule has 2 heterocycles. The van der Waals surface area contributed by atoms with Gasteiger partial charge < -0.3 is 9.80 Å². The lowest BCUT2D eigenvalue weighted by atomic mass is 9.66. The van der Waals surface area contributed by atoms with Gasteiger partial charge in [-0.15, -0.1) is 0 Å². The van der Waals surface area contributed by atoms with E-state index in [4.69, 9.17) is 0 Å². The molecule has 20 heavy (non-hydrogen) atoms. The van der Waals surface area contributed by atoms with Crippen LogP contribution in [0.25, 0.3) is 0 Å². The zero-order valence-electron chi connectivity index (χ0n) is 14.2. The second-order valence-corrected chi connectivity index (χ2v) is 6.13. The Morgan fingerprint density at radius 2 is 1.50 bits per heavy atom. The quantitative estimate of drug-likeness (QED) is 0.736. The third-order valence-corrected chi connectivity index (χ3v) is 4.77. The van der Waals surface area contributed by atoms with Gasteiger partial charge in [-0.3, -0.25) is 4.79 Å². The molecule has 3 heteroatoms. The summed E-state index contributed by atoms with van der Waals surface area (Å²) in [6, 6.07) is 0. The number of rotatable bonds is 1. The second-order valence-electron chi connectivity index (χ2n) is 6.13. The molecule has 2 saturated heterocycles. The van der Waals surface area contributed by atoms with E-state index in [-0.39, 0.29) is 0 Å². The molecule has 0 unspecified atom stereocenters. The lowest BCUT2D eigenvalue weighted by molar-refractivity contribution is -0.142. The van der Waals surface area contributed by atoms with E-state index in [9.17, 15) is 4.79 Å². The fraction of sp³-hybridized carbons (Fsp3) is 0.941. The van der Waals surface area contributed by atoms with Gasteiger partial charge in [0.15, 0.2) is 0 Å². The van der Waals surface area contributed by atoms with Gasteiger partial charge in [-0.2, -0.15) is 0 Å². The predicted octanol–water partition coefficient (Wildman–Crippen LogP) is 3.39. The summed E-state index contributed by atoms with van der Waals surface area (Å²) in [4.78, 5) is 16.5. The molecule has 2 aliphatic heterocycles. The summed E-state index contributed by atoms with van der Waals surface area (Å²) in [6.45, 7) is 12.6. The Labute approximate surface area is 125 Å². The molecule has 3 fully saturated rings. The van der Waals surface area contributed by atoms with Crippen LogP contribution in [0.4, 0.5) is 0 Å². The molecule has 3 rings (SSSR count). The largest absolute Gasteiger partial charge is 0.342 e. The van der Waals surface area contributed by atoms with Crippen LogP contribution in [0.3, 0.4) is 0 Å². The fourth-order valence-electron chi connectivity index (χ4n) is 3.69. The van der Waals surface area contributed by atoms with Gasteiger partial charge in [0.1, 0.15) is 0 Å². The standard InChI is InChI=1S/C13H22N2O.2C2H6/c1-14-9-13(10-14)5-3-11(4-6-13)12(16)15-7-2-8-15;2*1-2/h11H,2-10H2,1H3;2*1-2H3. The van der Waals surface area contributed by atoms with Crippen molar-refractivity contribution in [1.29, 1.82) is 0 Å². The molecule has 1 amide bonds. The summed E-state index contributed by atoms with van der Waals surface area (Å²) in [5.41, 5.74) is 0.598. The van der Waals surface area contributed by atoms with E-state index in [0.717, 1.165) is 25.9 Å². The van der Waals surface area contributed by atoms with Crippen LogP contribution in [0.5, 0.6) is 0 Å². The number of carbonyl (C=O) groups excluding carboxylic acids is 1. The van der Waals surface area contributed by atoms with Crippen LogP contribution in [-0.2, 0) is 4.79 Å². The van der Waals surface area contributed by atoms with Crippen LogP contribution in [0.2, 0.25) is 0 Å². The van der Waals surface area contributed by atoms with Gasteiger partial charge >= 0.3 is 0 Å². The Hall–Kier alpha value is -0.570. The summed E-state index contributed by atoms with van der Waals surface area (Å²) >= 11 is 0. The van der Waals surface area contributed by atoms with Gasteiger partial charge in [0.25, 0.3) is 0 Å². The number of hydrogen-bond acceptors (Lipinski definition) is 2. The van der Waals surface area contributed by atoms with Crippen molar-refractivity contribution in [2.75, 3.05) is 33.2 Å². The Kier molecular flexibility index (Phi) is 7.01. The molecule has 0 radical (unpaired) electrons. The van der Waals surface area contributed by atoms with Crippen LogP contribution in [0, 0.1) is 11.3 Å². The minimum Gasteiger partial charge on any atom is -0.342 e. The van der Waals surface area contributed by atoms with Crippen LogP contribution in [-0.4, -0.2) is 48.9 Å². The van der Waals surface area contributed by atoms with Crippen molar-refractivity contribution in [3.63, 3.8) is 0 Å². The Morgan fingerprint density at radius 1 is 1.00 bits per heavy atom. The highest BCUT2D eigenvalue weighted by molar-refractivity contribution is 5.79.